The van der Waals surface area contributed by atoms with Crippen LogP contribution in [0.2, 0.25) is 0 Å². The number of benzene rings is 1. The first-order valence-electron chi connectivity index (χ1n) is 5.75. The number of amides is 1. The second kappa shape index (κ2) is 5.69. The van der Waals surface area contributed by atoms with Crippen LogP contribution in [0, 0.1) is 11.3 Å². The van der Waals surface area contributed by atoms with Crippen molar-refractivity contribution < 1.29 is 4.79 Å². The van der Waals surface area contributed by atoms with Gasteiger partial charge in [-0.25, -0.2) is 0 Å². The van der Waals surface area contributed by atoms with Gasteiger partial charge >= 0.3 is 0 Å². The maximum atomic E-state index is 11.8. The second-order valence-corrected chi connectivity index (χ2v) is 3.99. The Morgan fingerprint density at radius 1 is 1.53 bits per heavy atom. The summed E-state index contributed by atoms with van der Waals surface area (Å²) >= 11 is 0. The number of nitrogens with zero attached hydrogens (tertiary/aromatic N) is 3. The van der Waals surface area contributed by atoms with Gasteiger partial charge in [-0.3, -0.25) is 9.48 Å². The number of hydrogen-bond donors (Lipinski definition) is 2. The SMILES string of the molecule is N#Cc1cccc(C(=O)NCCn2cc(N)cn2)c1. The number of carbonyl (C=O) groups is 1. The summed E-state index contributed by atoms with van der Waals surface area (Å²) in [7, 11) is 0. The van der Waals surface area contributed by atoms with E-state index in [2.05, 4.69) is 10.4 Å². The molecule has 0 radical (unpaired) electrons. The molecular formula is C13H13N5O. The average molecular weight is 255 g/mol. The van der Waals surface area contributed by atoms with E-state index in [4.69, 9.17) is 11.0 Å². The summed E-state index contributed by atoms with van der Waals surface area (Å²) in [5.74, 6) is -0.211. The van der Waals surface area contributed by atoms with Crippen molar-refractivity contribution in [2.24, 2.45) is 0 Å². The van der Waals surface area contributed by atoms with E-state index in [1.165, 1.54) is 0 Å². The van der Waals surface area contributed by atoms with Crippen LogP contribution in [0.15, 0.2) is 36.7 Å². The Kier molecular flexibility index (Phi) is 3.78. The van der Waals surface area contributed by atoms with Crippen molar-refractivity contribution in [1.82, 2.24) is 15.1 Å². The lowest BCUT2D eigenvalue weighted by atomic mass is 10.1. The van der Waals surface area contributed by atoms with Crippen LogP contribution in [0.25, 0.3) is 0 Å². The molecule has 0 fully saturated rings. The minimum Gasteiger partial charge on any atom is -0.396 e. The summed E-state index contributed by atoms with van der Waals surface area (Å²) in [6.45, 7) is 0.984. The molecular weight excluding hydrogens is 242 g/mol. The molecule has 3 N–H and O–H groups in total. The van der Waals surface area contributed by atoms with E-state index in [0.29, 0.717) is 29.9 Å². The van der Waals surface area contributed by atoms with Crippen LogP contribution >= 0.6 is 0 Å². The molecule has 96 valence electrons. The van der Waals surface area contributed by atoms with E-state index < -0.39 is 0 Å². The van der Waals surface area contributed by atoms with Crippen molar-refractivity contribution in [1.29, 1.82) is 5.26 Å². The van der Waals surface area contributed by atoms with Gasteiger partial charge in [-0.2, -0.15) is 10.4 Å². The van der Waals surface area contributed by atoms with Crippen molar-refractivity contribution >= 4 is 11.6 Å². The van der Waals surface area contributed by atoms with Gasteiger partial charge in [-0.1, -0.05) is 6.07 Å². The zero-order chi connectivity index (χ0) is 13.7. The Bertz CT molecular complexity index is 626. The topological polar surface area (TPSA) is 96.7 Å². The fraction of sp³-hybridized carbons (Fsp3) is 0.154. The van der Waals surface area contributed by atoms with Gasteiger partial charge in [0.2, 0.25) is 0 Å². The molecule has 1 aromatic carbocycles. The molecule has 0 spiro atoms. The van der Waals surface area contributed by atoms with Gasteiger partial charge in [0.25, 0.3) is 5.91 Å². The highest BCUT2D eigenvalue weighted by atomic mass is 16.1. The normalized spacial score (nSPS) is 9.84. The monoisotopic (exact) mass is 255 g/mol. The van der Waals surface area contributed by atoms with Crippen LogP contribution in [0.4, 0.5) is 5.69 Å². The van der Waals surface area contributed by atoms with Crippen LogP contribution in [0.1, 0.15) is 15.9 Å². The molecule has 6 heteroatoms. The van der Waals surface area contributed by atoms with E-state index in [-0.39, 0.29) is 5.91 Å². The Labute approximate surface area is 110 Å². The van der Waals surface area contributed by atoms with Gasteiger partial charge in [0.05, 0.1) is 30.1 Å². The maximum Gasteiger partial charge on any atom is 0.251 e. The summed E-state index contributed by atoms with van der Waals surface area (Å²) in [5, 5.41) is 15.5. The van der Waals surface area contributed by atoms with Gasteiger partial charge in [-0.05, 0) is 18.2 Å². The molecule has 19 heavy (non-hydrogen) atoms. The molecule has 0 aliphatic rings. The smallest absolute Gasteiger partial charge is 0.251 e. The van der Waals surface area contributed by atoms with Crippen LogP contribution < -0.4 is 11.1 Å². The zero-order valence-electron chi connectivity index (χ0n) is 10.2. The lowest BCUT2D eigenvalue weighted by molar-refractivity contribution is 0.0952. The largest absolute Gasteiger partial charge is 0.396 e. The third-order valence-electron chi connectivity index (χ3n) is 2.53. The molecule has 0 unspecified atom stereocenters. The first-order valence-corrected chi connectivity index (χ1v) is 5.75. The van der Waals surface area contributed by atoms with Crippen molar-refractivity contribution in [3.63, 3.8) is 0 Å². The molecule has 0 atom stereocenters. The summed E-state index contributed by atoms with van der Waals surface area (Å²) < 4.78 is 1.65. The maximum absolute atomic E-state index is 11.8. The number of nitrogen functional groups attached to an aromatic ring is 1. The molecule has 1 amide bonds. The minimum absolute atomic E-state index is 0.211. The third kappa shape index (κ3) is 3.33. The second-order valence-electron chi connectivity index (χ2n) is 3.99. The highest BCUT2D eigenvalue weighted by molar-refractivity contribution is 5.94. The average Bonchev–Trinajstić information content (AvgIpc) is 2.84. The van der Waals surface area contributed by atoms with Gasteiger partial charge in [0.15, 0.2) is 0 Å². The van der Waals surface area contributed by atoms with Crippen molar-refractivity contribution in [2.45, 2.75) is 6.54 Å². The molecule has 2 rings (SSSR count). The standard InChI is InChI=1S/C13H13N5O/c14-7-10-2-1-3-11(6-10)13(19)16-4-5-18-9-12(15)8-17-18/h1-3,6,8-9H,4-5,15H2,(H,16,19). The molecule has 0 saturated heterocycles. The van der Waals surface area contributed by atoms with Gasteiger partial charge in [0.1, 0.15) is 0 Å². The molecule has 1 heterocycles. The lowest BCUT2D eigenvalue weighted by Crippen LogP contribution is -2.27. The zero-order valence-corrected chi connectivity index (χ0v) is 10.2. The quantitative estimate of drug-likeness (QED) is 0.843. The van der Waals surface area contributed by atoms with E-state index >= 15 is 0 Å². The van der Waals surface area contributed by atoms with Crippen molar-refractivity contribution in [3.8, 4) is 6.07 Å². The summed E-state index contributed by atoms with van der Waals surface area (Å²) in [6, 6.07) is 8.56. The lowest BCUT2D eigenvalue weighted by Gasteiger charge is -2.05. The highest BCUT2D eigenvalue weighted by Crippen LogP contribution is 2.03. The minimum atomic E-state index is -0.211. The van der Waals surface area contributed by atoms with E-state index in [9.17, 15) is 4.79 Å². The van der Waals surface area contributed by atoms with E-state index in [0.717, 1.165) is 0 Å². The van der Waals surface area contributed by atoms with Crippen molar-refractivity contribution in [2.75, 3.05) is 12.3 Å². The first kappa shape index (κ1) is 12.6. The van der Waals surface area contributed by atoms with Crippen molar-refractivity contribution in [3.05, 3.63) is 47.8 Å². The summed E-state index contributed by atoms with van der Waals surface area (Å²) in [6.07, 6.45) is 3.25. The summed E-state index contributed by atoms with van der Waals surface area (Å²) in [5.41, 5.74) is 7.06. The van der Waals surface area contributed by atoms with E-state index in [1.807, 2.05) is 6.07 Å². The molecule has 0 bridgehead atoms. The van der Waals surface area contributed by atoms with Crippen LogP contribution in [-0.4, -0.2) is 22.2 Å². The Balaban J connectivity index is 1.89. The number of aromatic nitrogens is 2. The third-order valence-corrected chi connectivity index (χ3v) is 2.53. The molecule has 0 saturated carbocycles. The fourth-order valence-corrected chi connectivity index (χ4v) is 1.62. The Morgan fingerprint density at radius 3 is 3.05 bits per heavy atom. The van der Waals surface area contributed by atoms with Crippen LogP contribution in [-0.2, 0) is 6.54 Å². The first-order chi connectivity index (χ1) is 9.19. The van der Waals surface area contributed by atoms with Gasteiger partial charge in [-0.15, -0.1) is 0 Å². The fourth-order valence-electron chi connectivity index (χ4n) is 1.62. The van der Waals surface area contributed by atoms with Crippen LogP contribution in [0.3, 0.4) is 0 Å². The highest BCUT2D eigenvalue weighted by Gasteiger charge is 2.05. The molecule has 6 nitrogen and oxygen atoms in total. The number of carbonyl (C=O) groups excluding carboxylic acids is 1. The molecule has 1 aromatic heterocycles. The Morgan fingerprint density at radius 2 is 2.37 bits per heavy atom. The number of anilines is 1. The molecule has 0 aliphatic carbocycles. The molecule has 2 aromatic rings. The number of hydrogen-bond acceptors (Lipinski definition) is 4. The number of rotatable bonds is 4. The predicted molar refractivity (Wildman–Crippen MR) is 70.1 cm³/mol. The van der Waals surface area contributed by atoms with Gasteiger partial charge in [0, 0.05) is 18.3 Å². The Hall–Kier alpha value is -2.81. The molecule has 0 aliphatic heterocycles. The summed E-state index contributed by atoms with van der Waals surface area (Å²) in [4.78, 5) is 11.8. The van der Waals surface area contributed by atoms with E-state index in [1.54, 1.807) is 41.3 Å². The number of nitriles is 1. The number of nitrogens with two attached hydrogens (primary N) is 1. The predicted octanol–water partition coefficient (Wildman–Crippen LogP) is 0.767. The van der Waals surface area contributed by atoms with Crippen LogP contribution in [0.5, 0.6) is 0 Å². The van der Waals surface area contributed by atoms with Gasteiger partial charge < -0.3 is 11.1 Å². The number of nitrogens with one attached hydrogen (secondary N) is 1.